The first-order chi connectivity index (χ1) is 10.8. The summed E-state index contributed by atoms with van der Waals surface area (Å²) < 4.78 is 39.1. The van der Waals surface area contributed by atoms with Gasteiger partial charge in [0.05, 0.1) is 11.9 Å². The van der Waals surface area contributed by atoms with E-state index in [1.165, 1.54) is 6.08 Å². The highest BCUT2D eigenvalue weighted by molar-refractivity contribution is 6.30. The molecule has 0 atom stereocenters. The highest BCUT2D eigenvalue weighted by Gasteiger charge is 2.34. The largest absolute Gasteiger partial charge is 0.436 e. The maximum atomic E-state index is 12.7. The van der Waals surface area contributed by atoms with E-state index in [0.29, 0.717) is 34.8 Å². The molecular weight excluding hydrogens is 333 g/mol. The molecule has 0 aliphatic carbocycles. The van der Waals surface area contributed by atoms with Crippen molar-refractivity contribution >= 4 is 23.1 Å². The van der Waals surface area contributed by atoms with E-state index in [2.05, 4.69) is 15.6 Å². The van der Waals surface area contributed by atoms with Crippen molar-refractivity contribution in [2.45, 2.75) is 12.6 Å². The molecule has 120 valence electrons. The van der Waals surface area contributed by atoms with Crippen LogP contribution in [0.3, 0.4) is 0 Å². The van der Waals surface area contributed by atoms with Crippen LogP contribution in [-0.4, -0.2) is 27.4 Å². The van der Waals surface area contributed by atoms with Gasteiger partial charge in [-0.1, -0.05) is 16.8 Å². The van der Waals surface area contributed by atoms with Crippen molar-refractivity contribution in [3.05, 3.63) is 46.8 Å². The molecule has 5 nitrogen and oxygen atoms in total. The third-order valence-electron chi connectivity index (χ3n) is 3.33. The average molecular weight is 343 g/mol. The summed E-state index contributed by atoms with van der Waals surface area (Å²) in [6.45, 7) is 0.446. The van der Waals surface area contributed by atoms with E-state index in [4.69, 9.17) is 11.6 Å². The van der Waals surface area contributed by atoms with Crippen LogP contribution in [-0.2, 0) is 11.0 Å². The Bertz CT molecular complexity index is 798. The molecule has 0 saturated carbocycles. The van der Waals surface area contributed by atoms with E-state index in [1.807, 2.05) is 0 Å². The van der Waals surface area contributed by atoms with Crippen molar-refractivity contribution in [1.82, 2.24) is 20.3 Å². The quantitative estimate of drug-likeness (QED) is 0.913. The molecule has 0 radical (unpaired) electrons. The van der Waals surface area contributed by atoms with Crippen molar-refractivity contribution < 1.29 is 18.0 Å². The van der Waals surface area contributed by atoms with Gasteiger partial charge in [0.1, 0.15) is 0 Å². The number of rotatable bonds is 2. The Morgan fingerprint density at radius 1 is 1.30 bits per heavy atom. The number of amides is 1. The minimum Gasteiger partial charge on any atom is -0.352 e. The van der Waals surface area contributed by atoms with Gasteiger partial charge in [-0.3, -0.25) is 4.79 Å². The van der Waals surface area contributed by atoms with Crippen LogP contribution in [0, 0.1) is 0 Å². The molecule has 1 aromatic heterocycles. The standard InChI is InChI=1S/C14H10ClF3N4O/c15-9-1-2-11(22-7-12(20-21-22)14(16,17)18)10(6-9)8-3-4-19-13(23)5-8/h1-2,5-7H,3-4H2,(H,19,23). The zero-order chi connectivity index (χ0) is 16.6. The van der Waals surface area contributed by atoms with Crippen LogP contribution >= 0.6 is 11.6 Å². The zero-order valence-electron chi connectivity index (χ0n) is 11.6. The molecule has 2 aromatic rings. The number of nitrogens with one attached hydrogen (secondary N) is 1. The minimum atomic E-state index is -4.57. The van der Waals surface area contributed by atoms with Gasteiger partial charge in [0.2, 0.25) is 5.91 Å². The molecule has 0 saturated heterocycles. The second kappa shape index (κ2) is 5.69. The Morgan fingerprint density at radius 3 is 2.74 bits per heavy atom. The lowest BCUT2D eigenvalue weighted by Crippen LogP contribution is -2.26. The number of aromatic nitrogens is 3. The summed E-state index contributed by atoms with van der Waals surface area (Å²) >= 11 is 5.98. The van der Waals surface area contributed by atoms with Crippen LogP contribution in [0.1, 0.15) is 17.7 Å². The summed E-state index contributed by atoms with van der Waals surface area (Å²) in [5.41, 5.74) is 0.508. The summed E-state index contributed by atoms with van der Waals surface area (Å²) in [5, 5.41) is 9.73. The molecule has 9 heteroatoms. The smallest absolute Gasteiger partial charge is 0.352 e. The number of benzene rings is 1. The van der Waals surface area contributed by atoms with Gasteiger partial charge in [0, 0.05) is 23.2 Å². The zero-order valence-corrected chi connectivity index (χ0v) is 12.3. The Balaban J connectivity index is 2.10. The number of hydrogen-bond acceptors (Lipinski definition) is 3. The van der Waals surface area contributed by atoms with Gasteiger partial charge in [0.15, 0.2) is 5.69 Å². The third kappa shape index (κ3) is 3.21. The first-order valence-corrected chi connectivity index (χ1v) is 7.00. The summed E-state index contributed by atoms with van der Waals surface area (Å²) in [7, 11) is 0. The third-order valence-corrected chi connectivity index (χ3v) is 3.57. The Hall–Kier alpha value is -2.35. The second-order valence-electron chi connectivity index (χ2n) is 4.92. The predicted molar refractivity (Wildman–Crippen MR) is 77.0 cm³/mol. The molecule has 1 aliphatic heterocycles. The molecule has 0 unspecified atom stereocenters. The van der Waals surface area contributed by atoms with Gasteiger partial charge in [-0.15, -0.1) is 5.10 Å². The summed E-state index contributed by atoms with van der Waals surface area (Å²) in [4.78, 5) is 11.5. The molecule has 1 aliphatic rings. The van der Waals surface area contributed by atoms with Gasteiger partial charge in [-0.2, -0.15) is 13.2 Å². The fourth-order valence-electron chi connectivity index (χ4n) is 2.29. The Morgan fingerprint density at radius 2 is 2.09 bits per heavy atom. The lowest BCUT2D eigenvalue weighted by molar-refractivity contribution is -0.141. The second-order valence-corrected chi connectivity index (χ2v) is 5.35. The number of halogens is 4. The van der Waals surface area contributed by atoms with Crippen LogP contribution in [0.4, 0.5) is 13.2 Å². The normalized spacial score (nSPS) is 15.3. The fourth-order valence-corrected chi connectivity index (χ4v) is 2.46. The summed E-state index contributed by atoms with van der Waals surface area (Å²) in [6.07, 6.45) is -1.83. The molecule has 2 heterocycles. The van der Waals surface area contributed by atoms with E-state index in [-0.39, 0.29) is 5.91 Å². The lowest BCUT2D eigenvalue weighted by atomic mass is 9.98. The minimum absolute atomic E-state index is 0.258. The maximum absolute atomic E-state index is 12.7. The summed E-state index contributed by atoms with van der Waals surface area (Å²) in [6, 6.07) is 4.68. The molecule has 1 N–H and O–H groups in total. The Labute approximate surface area is 133 Å². The van der Waals surface area contributed by atoms with E-state index in [9.17, 15) is 18.0 Å². The van der Waals surface area contributed by atoms with Crippen molar-refractivity contribution in [3.8, 4) is 5.69 Å². The van der Waals surface area contributed by atoms with Crippen molar-refractivity contribution in [3.63, 3.8) is 0 Å². The van der Waals surface area contributed by atoms with Crippen LogP contribution in [0.15, 0.2) is 30.5 Å². The number of hydrogen-bond donors (Lipinski definition) is 1. The Kier molecular flexibility index (Phi) is 3.85. The molecular formula is C14H10ClF3N4O. The number of alkyl halides is 3. The average Bonchev–Trinajstić information content (AvgIpc) is 2.97. The monoisotopic (exact) mass is 342 g/mol. The van der Waals surface area contributed by atoms with Crippen molar-refractivity contribution in [1.29, 1.82) is 0 Å². The summed E-state index contributed by atoms with van der Waals surface area (Å²) in [5.74, 6) is -0.258. The van der Waals surface area contributed by atoms with Gasteiger partial charge in [-0.25, -0.2) is 4.68 Å². The fraction of sp³-hybridized carbons (Fsp3) is 0.214. The highest BCUT2D eigenvalue weighted by atomic mass is 35.5. The van der Waals surface area contributed by atoms with Crippen molar-refractivity contribution in [2.24, 2.45) is 0 Å². The predicted octanol–water partition coefficient (Wildman–Crippen LogP) is 2.84. The van der Waals surface area contributed by atoms with Gasteiger partial charge in [-0.05, 0) is 30.2 Å². The first kappa shape index (κ1) is 15.5. The van der Waals surface area contributed by atoms with E-state index >= 15 is 0 Å². The van der Waals surface area contributed by atoms with Crippen molar-refractivity contribution in [2.75, 3.05) is 6.54 Å². The number of carbonyl (C=O) groups is 1. The highest BCUT2D eigenvalue weighted by Crippen LogP contribution is 2.31. The van der Waals surface area contributed by atoms with Crippen LogP contribution < -0.4 is 5.32 Å². The SMILES string of the molecule is O=C1C=C(c2cc(Cl)ccc2-n2cc(C(F)(F)F)nn2)CCN1. The van der Waals surface area contributed by atoms with E-state index < -0.39 is 11.9 Å². The first-order valence-electron chi connectivity index (χ1n) is 6.63. The van der Waals surface area contributed by atoms with Gasteiger partial charge in [0.25, 0.3) is 0 Å². The van der Waals surface area contributed by atoms with Crippen LogP contribution in [0.5, 0.6) is 0 Å². The number of nitrogens with zero attached hydrogens (tertiary/aromatic N) is 3. The molecule has 0 bridgehead atoms. The van der Waals surface area contributed by atoms with Crippen LogP contribution in [0.2, 0.25) is 5.02 Å². The molecule has 3 rings (SSSR count). The van der Waals surface area contributed by atoms with Crippen LogP contribution in [0.25, 0.3) is 11.3 Å². The molecule has 0 fully saturated rings. The van der Waals surface area contributed by atoms with Gasteiger partial charge >= 0.3 is 6.18 Å². The lowest BCUT2D eigenvalue weighted by Gasteiger charge is -2.17. The topological polar surface area (TPSA) is 59.8 Å². The van der Waals surface area contributed by atoms with Gasteiger partial charge < -0.3 is 5.32 Å². The molecule has 1 amide bonds. The van der Waals surface area contributed by atoms with E-state index in [1.54, 1.807) is 18.2 Å². The maximum Gasteiger partial charge on any atom is 0.436 e. The number of carbonyl (C=O) groups excluding carboxylic acids is 1. The molecule has 0 spiro atoms. The molecule has 23 heavy (non-hydrogen) atoms. The van der Waals surface area contributed by atoms with E-state index in [0.717, 1.165) is 10.9 Å². The molecule has 1 aromatic carbocycles.